The van der Waals surface area contributed by atoms with E-state index in [-0.39, 0.29) is 6.03 Å². The van der Waals surface area contributed by atoms with Gasteiger partial charge in [-0.3, -0.25) is 0 Å². The molecule has 1 aliphatic heterocycles. The molecule has 0 radical (unpaired) electrons. The molecule has 0 bridgehead atoms. The first-order valence-corrected chi connectivity index (χ1v) is 11.0. The van der Waals surface area contributed by atoms with E-state index in [1.807, 2.05) is 24.3 Å². The SMILES string of the molecule is CN(C)C1CCN(c2ccc(NC(=O)Nc3ccc(Oc4cccc(Cl)c4)cc3)cc2)C1. The maximum atomic E-state index is 12.4. The Morgan fingerprint density at radius 2 is 1.62 bits per heavy atom. The number of ether oxygens (including phenoxy) is 1. The predicted octanol–water partition coefficient (Wildman–Crippen LogP) is 5.92. The molecular weight excluding hydrogens is 424 g/mol. The van der Waals surface area contributed by atoms with E-state index in [0.717, 1.165) is 18.8 Å². The summed E-state index contributed by atoms with van der Waals surface area (Å²) in [5, 5.41) is 6.32. The number of hydrogen-bond acceptors (Lipinski definition) is 4. The zero-order valence-electron chi connectivity index (χ0n) is 18.2. The minimum atomic E-state index is -0.296. The van der Waals surface area contributed by atoms with E-state index in [4.69, 9.17) is 16.3 Å². The summed E-state index contributed by atoms with van der Waals surface area (Å²) in [5.74, 6) is 1.32. The van der Waals surface area contributed by atoms with Crippen LogP contribution in [-0.2, 0) is 0 Å². The Hall–Kier alpha value is -3.22. The van der Waals surface area contributed by atoms with Gasteiger partial charge in [0, 0.05) is 41.2 Å². The number of nitrogens with zero attached hydrogens (tertiary/aromatic N) is 2. The van der Waals surface area contributed by atoms with Gasteiger partial charge in [-0.2, -0.15) is 0 Å². The molecule has 7 heteroatoms. The van der Waals surface area contributed by atoms with E-state index < -0.39 is 0 Å². The Balaban J connectivity index is 1.29. The number of carbonyl (C=O) groups is 1. The number of anilines is 3. The summed E-state index contributed by atoms with van der Waals surface area (Å²) in [7, 11) is 4.25. The third-order valence-electron chi connectivity index (χ3n) is 5.53. The topological polar surface area (TPSA) is 56.8 Å². The molecule has 0 aromatic heterocycles. The fourth-order valence-corrected chi connectivity index (χ4v) is 3.90. The van der Waals surface area contributed by atoms with Crippen LogP contribution in [0.15, 0.2) is 72.8 Å². The second-order valence-electron chi connectivity index (χ2n) is 8.06. The number of halogens is 1. The summed E-state index contributed by atoms with van der Waals surface area (Å²) in [6.07, 6.45) is 1.17. The summed E-state index contributed by atoms with van der Waals surface area (Å²) in [5.41, 5.74) is 2.59. The van der Waals surface area contributed by atoms with E-state index in [2.05, 4.69) is 46.7 Å². The van der Waals surface area contributed by atoms with Crippen LogP contribution in [0.25, 0.3) is 0 Å². The summed E-state index contributed by atoms with van der Waals surface area (Å²) < 4.78 is 5.77. The normalized spacial score (nSPS) is 15.6. The maximum Gasteiger partial charge on any atom is 0.323 e. The molecule has 1 aliphatic rings. The lowest BCUT2D eigenvalue weighted by Crippen LogP contribution is -2.31. The van der Waals surface area contributed by atoms with Gasteiger partial charge in [-0.25, -0.2) is 4.79 Å². The van der Waals surface area contributed by atoms with Crippen LogP contribution in [0.1, 0.15) is 6.42 Å². The third kappa shape index (κ3) is 5.72. The molecule has 1 saturated heterocycles. The van der Waals surface area contributed by atoms with Gasteiger partial charge in [0.05, 0.1) is 0 Å². The number of likely N-dealkylation sites (N-methyl/N-ethyl adjacent to an activating group) is 1. The van der Waals surface area contributed by atoms with Gasteiger partial charge in [0.25, 0.3) is 0 Å². The highest BCUT2D eigenvalue weighted by atomic mass is 35.5. The van der Waals surface area contributed by atoms with Gasteiger partial charge in [0.2, 0.25) is 0 Å². The first kappa shape index (κ1) is 22.0. The van der Waals surface area contributed by atoms with Crippen molar-refractivity contribution in [3.8, 4) is 11.5 Å². The largest absolute Gasteiger partial charge is 0.457 e. The van der Waals surface area contributed by atoms with E-state index >= 15 is 0 Å². The van der Waals surface area contributed by atoms with Crippen LogP contribution in [0.3, 0.4) is 0 Å². The second-order valence-corrected chi connectivity index (χ2v) is 8.50. The minimum Gasteiger partial charge on any atom is -0.457 e. The number of amides is 2. The number of carbonyl (C=O) groups excluding carboxylic acids is 1. The zero-order chi connectivity index (χ0) is 22.5. The lowest BCUT2D eigenvalue weighted by atomic mass is 10.2. The van der Waals surface area contributed by atoms with Crippen molar-refractivity contribution in [1.82, 2.24) is 4.90 Å². The van der Waals surface area contributed by atoms with E-state index in [1.165, 1.54) is 12.1 Å². The fraction of sp³-hybridized carbons (Fsp3) is 0.240. The Morgan fingerprint density at radius 3 is 2.22 bits per heavy atom. The summed E-state index contributed by atoms with van der Waals surface area (Å²) >= 11 is 5.98. The Bertz CT molecular complexity index is 1050. The molecule has 166 valence electrons. The quantitative estimate of drug-likeness (QED) is 0.489. The molecule has 3 aromatic rings. The van der Waals surface area contributed by atoms with Gasteiger partial charge in [0.1, 0.15) is 11.5 Å². The molecule has 6 nitrogen and oxygen atoms in total. The smallest absolute Gasteiger partial charge is 0.323 e. The molecule has 2 amide bonds. The molecule has 0 spiro atoms. The van der Waals surface area contributed by atoms with Crippen molar-refractivity contribution in [1.29, 1.82) is 0 Å². The van der Waals surface area contributed by atoms with Gasteiger partial charge in [-0.1, -0.05) is 17.7 Å². The van der Waals surface area contributed by atoms with E-state index in [1.54, 1.807) is 36.4 Å². The van der Waals surface area contributed by atoms with Crippen molar-refractivity contribution in [2.75, 3.05) is 42.7 Å². The second kappa shape index (κ2) is 9.94. The Morgan fingerprint density at radius 1 is 0.969 bits per heavy atom. The van der Waals surface area contributed by atoms with Crippen molar-refractivity contribution < 1.29 is 9.53 Å². The van der Waals surface area contributed by atoms with Crippen molar-refractivity contribution in [3.63, 3.8) is 0 Å². The van der Waals surface area contributed by atoms with Crippen LogP contribution < -0.4 is 20.3 Å². The van der Waals surface area contributed by atoms with Crippen LogP contribution in [0.4, 0.5) is 21.9 Å². The fourth-order valence-electron chi connectivity index (χ4n) is 3.72. The number of benzene rings is 3. The lowest BCUT2D eigenvalue weighted by Gasteiger charge is -2.22. The number of rotatable bonds is 6. The highest BCUT2D eigenvalue weighted by Gasteiger charge is 2.23. The summed E-state index contributed by atoms with van der Waals surface area (Å²) in [6, 6.07) is 22.6. The maximum absolute atomic E-state index is 12.4. The molecule has 32 heavy (non-hydrogen) atoms. The monoisotopic (exact) mass is 450 g/mol. The van der Waals surface area contributed by atoms with Crippen molar-refractivity contribution in [2.45, 2.75) is 12.5 Å². The lowest BCUT2D eigenvalue weighted by molar-refractivity contribution is 0.262. The number of urea groups is 1. The van der Waals surface area contributed by atoms with Crippen molar-refractivity contribution >= 4 is 34.7 Å². The molecule has 0 aliphatic carbocycles. The van der Waals surface area contributed by atoms with Gasteiger partial charge >= 0.3 is 6.03 Å². The van der Waals surface area contributed by atoms with Crippen LogP contribution in [0, 0.1) is 0 Å². The molecule has 1 atom stereocenters. The minimum absolute atomic E-state index is 0.296. The van der Waals surface area contributed by atoms with Crippen molar-refractivity contribution in [2.24, 2.45) is 0 Å². The summed E-state index contributed by atoms with van der Waals surface area (Å²) in [6.45, 7) is 2.07. The van der Waals surface area contributed by atoms with Crippen LogP contribution in [0.2, 0.25) is 5.02 Å². The van der Waals surface area contributed by atoms with E-state index in [9.17, 15) is 4.79 Å². The molecule has 1 unspecified atom stereocenters. The van der Waals surface area contributed by atoms with Gasteiger partial charge in [-0.15, -0.1) is 0 Å². The molecule has 1 heterocycles. The molecule has 3 aromatic carbocycles. The molecule has 2 N–H and O–H groups in total. The standard InChI is InChI=1S/C25H27ClN4O2/c1-29(2)22-14-15-30(17-22)21-10-6-19(7-11-21)27-25(31)28-20-8-12-23(13-9-20)32-24-5-3-4-18(26)16-24/h3-13,16,22H,14-15,17H2,1-2H3,(H2,27,28,31). The Kier molecular flexibility index (Phi) is 6.83. The van der Waals surface area contributed by atoms with E-state index in [0.29, 0.717) is 28.3 Å². The summed E-state index contributed by atoms with van der Waals surface area (Å²) in [4.78, 5) is 17.0. The first-order chi connectivity index (χ1) is 15.5. The van der Waals surface area contributed by atoms with Gasteiger partial charge < -0.3 is 25.2 Å². The van der Waals surface area contributed by atoms with Crippen LogP contribution in [0.5, 0.6) is 11.5 Å². The molecule has 0 saturated carbocycles. The Labute approximate surface area is 193 Å². The zero-order valence-corrected chi connectivity index (χ0v) is 19.0. The number of hydrogen-bond donors (Lipinski definition) is 2. The molecule has 4 rings (SSSR count). The van der Waals surface area contributed by atoms with Crippen LogP contribution in [-0.4, -0.2) is 44.2 Å². The average Bonchev–Trinajstić information content (AvgIpc) is 3.26. The van der Waals surface area contributed by atoms with Gasteiger partial charge in [0.15, 0.2) is 0 Å². The van der Waals surface area contributed by atoms with Crippen molar-refractivity contribution in [3.05, 3.63) is 77.8 Å². The third-order valence-corrected chi connectivity index (χ3v) is 5.76. The highest BCUT2D eigenvalue weighted by molar-refractivity contribution is 6.30. The first-order valence-electron chi connectivity index (χ1n) is 10.6. The average molecular weight is 451 g/mol. The highest BCUT2D eigenvalue weighted by Crippen LogP contribution is 2.26. The number of nitrogens with one attached hydrogen (secondary N) is 2. The molecule has 1 fully saturated rings. The predicted molar refractivity (Wildman–Crippen MR) is 131 cm³/mol. The molecular formula is C25H27ClN4O2. The van der Waals surface area contributed by atoms with Gasteiger partial charge in [-0.05, 0) is 87.2 Å². The van der Waals surface area contributed by atoms with Crippen LogP contribution >= 0.6 is 11.6 Å².